The zero-order valence-electron chi connectivity index (χ0n) is 12.2. The number of aromatic hydroxyl groups is 1. The van der Waals surface area contributed by atoms with Crippen molar-refractivity contribution in [3.63, 3.8) is 0 Å². The minimum absolute atomic E-state index is 0.0894. The highest BCUT2D eigenvalue weighted by molar-refractivity contribution is 5.77. The van der Waals surface area contributed by atoms with Crippen LogP contribution in [-0.4, -0.2) is 14.9 Å². The number of nitrogen functional groups attached to an aromatic ring is 1. The van der Waals surface area contributed by atoms with Crippen molar-refractivity contribution in [3.05, 3.63) is 29.5 Å². The van der Waals surface area contributed by atoms with Gasteiger partial charge in [-0.15, -0.1) is 0 Å². The summed E-state index contributed by atoms with van der Waals surface area (Å²) in [7, 11) is 1.80. The van der Waals surface area contributed by atoms with Gasteiger partial charge in [0.2, 0.25) is 0 Å². The van der Waals surface area contributed by atoms with Gasteiger partial charge in [-0.3, -0.25) is 4.68 Å². The number of phenolic OH excluding ortho intramolecular Hbond substituents is 1. The van der Waals surface area contributed by atoms with Crippen molar-refractivity contribution in [2.24, 2.45) is 7.05 Å². The molecule has 0 aliphatic carbocycles. The molecule has 0 saturated heterocycles. The molecular formula is C15H21N3O. The molecule has 3 N–H and O–H groups in total. The second-order valence-corrected chi connectivity index (χ2v) is 6.00. The van der Waals surface area contributed by atoms with Gasteiger partial charge < -0.3 is 10.8 Å². The third kappa shape index (κ3) is 2.30. The number of hydrogen-bond acceptors (Lipinski definition) is 3. The van der Waals surface area contributed by atoms with E-state index in [1.165, 1.54) is 0 Å². The van der Waals surface area contributed by atoms with Crippen molar-refractivity contribution in [2.45, 2.75) is 33.1 Å². The zero-order chi connectivity index (χ0) is 14.4. The van der Waals surface area contributed by atoms with E-state index in [1.807, 2.05) is 13.0 Å². The van der Waals surface area contributed by atoms with E-state index < -0.39 is 0 Å². The van der Waals surface area contributed by atoms with Crippen LogP contribution in [-0.2, 0) is 12.5 Å². The summed E-state index contributed by atoms with van der Waals surface area (Å²) in [6, 6.07) is 3.81. The highest BCUT2D eigenvalue weighted by atomic mass is 16.3. The fraction of sp³-hybridized carbons (Fsp3) is 0.400. The first-order valence-corrected chi connectivity index (χ1v) is 6.33. The van der Waals surface area contributed by atoms with E-state index in [4.69, 9.17) is 5.73 Å². The molecule has 0 bridgehead atoms. The molecule has 0 radical (unpaired) electrons. The fourth-order valence-electron chi connectivity index (χ4n) is 2.24. The van der Waals surface area contributed by atoms with Crippen molar-refractivity contribution in [3.8, 4) is 16.9 Å². The molecule has 0 aliphatic heterocycles. The average molecular weight is 259 g/mol. The van der Waals surface area contributed by atoms with Crippen LogP contribution in [0.15, 0.2) is 18.3 Å². The van der Waals surface area contributed by atoms with Crippen LogP contribution in [0, 0.1) is 6.92 Å². The predicted octanol–water partition coefficient (Wildman–Crippen LogP) is 2.98. The molecule has 0 amide bonds. The van der Waals surface area contributed by atoms with Crippen molar-refractivity contribution in [1.29, 1.82) is 0 Å². The number of aryl methyl sites for hydroxylation is 2. The molecule has 0 unspecified atom stereocenters. The smallest absolute Gasteiger partial charge is 0.129 e. The second kappa shape index (κ2) is 4.30. The molecule has 1 heterocycles. The predicted molar refractivity (Wildman–Crippen MR) is 78.2 cm³/mol. The first-order chi connectivity index (χ1) is 8.71. The molecule has 1 aromatic carbocycles. The standard InChI is InChI=1S/C15H21N3O/c1-9-6-12(15(2,3)4)13(19)7-10(9)11-8-17-18(5)14(11)16/h6-8,19H,16H2,1-5H3. The van der Waals surface area contributed by atoms with Crippen LogP contribution in [0.5, 0.6) is 5.75 Å². The Bertz CT molecular complexity index is 621. The zero-order valence-corrected chi connectivity index (χ0v) is 12.2. The summed E-state index contributed by atoms with van der Waals surface area (Å²) in [5.74, 6) is 0.905. The molecule has 0 saturated carbocycles. The lowest BCUT2D eigenvalue weighted by atomic mass is 9.84. The topological polar surface area (TPSA) is 64.1 Å². The van der Waals surface area contributed by atoms with Gasteiger partial charge in [0.25, 0.3) is 0 Å². The van der Waals surface area contributed by atoms with Gasteiger partial charge in [-0.1, -0.05) is 26.8 Å². The van der Waals surface area contributed by atoms with Crippen molar-refractivity contribution < 1.29 is 5.11 Å². The molecule has 0 aliphatic rings. The van der Waals surface area contributed by atoms with E-state index in [2.05, 4.69) is 25.9 Å². The normalized spacial score (nSPS) is 11.8. The van der Waals surface area contributed by atoms with Crippen LogP contribution < -0.4 is 5.73 Å². The molecule has 4 heteroatoms. The number of nitrogens with two attached hydrogens (primary N) is 1. The van der Waals surface area contributed by atoms with Crippen LogP contribution in [0.25, 0.3) is 11.1 Å². The van der Waals surface area contributed by atoms with E-state index in [9.17, 15) is 5.11 Å². The minimum atomic E-state index is -0.0894. The van der Waals surface area contributed by atoms with Crippen molar-refractivity contribution in [1.82, 2.24) is 9.78 Å². The molecular weight excluding hydrogens is 238 g/mol. The Morgan fingerprint density at radius 1 is 1.21 bits per heavy atom. The van der Waals surface area contributed by atoms with E-state index >= 15 is 0 Å². The van der Waals surface area contributed by atoms with Gasteiger partial charge in [-0.05, 0) is 35.1 Å². The Balaban J connectivity index is 2.62. The second-order valence-electron chi connectivity index (χ2n) is 6.00. The third-order valence-corrected chi connectivity index (χ3v) is 3.43. The van der Waals surface area contributed by atoms with Gasteiger partial charge in [-0.25, -0.2) is 0 Å². The SMILES string of the molecule is Cc1cc(C(C)(C)C)c(O)cc1-c1cnn(C)c1N. The minimum Gasteiger partial charge on any atom is -0.508 e. The third-order valence-electron chi connectivity index (χ3n) is 3.43. The summed E-state index contributed by atoms with van der Waals surface area (Å²) in [5, 5.41) is 14.4. The maximum atomic E-state index is 10.2. The van der Waals surface area contributed by atoms with E-state index in [1.54, 1.807) is 24.0 Å². The van der Waals surface area contributed by atoms with Gasteiger partial charge in [-0.2, -0.15) is 5.10 Å². The van der Waals surface area contributed by atoms with Gasteiger partial charge in [0, 0.05) is 12.6 Å². The van der Waals surface area contributed by atoms with Gasteiger partial charge in [0.1, 0.15) is 11.6 Å². The molecule has 0 fully saturated rings. The molecule has 0 spiro atoms. The molecule has 102 valence electrons. The Hall–Kier alpha value is -1.97. The van der Waals surface area contributed by atoms with Crippen molar-refractivity contribution >= 4 is 5.82 Å². The monoisotopic (exact) mass is 259 g/mol. The lowest BCUT2D eigenvalue weighted by Gasteiger charge is -2.22. The summed E-state index contributed by atoms with van der Waals surface area (Å²) in [6.45, 7) is 8.27. The quantitative estimate of drug-likeness (QED) is 0.827. The molecule has 2 rings (SSSR count). The maximum Gasteiger partial charge on any atom is 0.129 e. The van der Waals surface area contributed by atoms with E-state index in [0.717, 1.165) is 22.3 Å². The Labute approximate surface area is 113 Å². The number of rotatable bonds is 1. The molecule has 4 nitrogen and oxygen atoms in total. The number of hydrogen-bond donors (Lipinski definition) is 2. The lowest BCUT2D eigenvalue weighted by Crippen LogP contribution is -2.11. The number of benzene rings is 1. The van der Waals surface area contributed by atoms with Crippen LogP contribution >= 0.6 is 0 Å². The number of nitrogens with zero attached hydrogens (tertiary/aromatic N) is 2. The Morgan fingerprint density at radius 3 is 2.32 bits per heavy atom. The van der Waals surface area contributed by atoms with Crippen molar-refractivity contribution in [2.75, 3.05) is 5.73 Å². The highest BCUT2D eigenvalue weighted by Crippen LogP contribution is 2.37. The summed E-state index contributed by atoms with van der Waals surface area (Å²) in [6.07, 6.45) is 1.73. The Morgan fingerprint density at radius 2 is 1.84 bits per heavy atom. The van der Waals surface area contributed by atoms with Crippen LogP contribution in [0.2, 0.25) is 0 Å². The first-order valence-electron chi connectivity index (χ1n) is 6.33. The number of aromatic nitrogens is 2. The molecule has 2 aromatic rings. The van der Waals surface area contributed by atoms with Crippen LogP contribution in [0.1, 0.15) is 31.9 Å². The highest BCUT2D eigenvalue weighted by Gasteiger charge is 2.20. The van der Waals surface area contributed by atoms with Crippen LogP contribution in [0.4, 0.5) is 5.82 Å². The average Bonchev–Trinajstić information content (AvgIpc) is 2.61. The molecule has 1 aromatic heterocycles. The Kier molecular flexibility index (Phi) is 3.04. The van der Waals surface area contributed by atoms with Gasteiger partial charge >= 0.3 is 0 Å². The number of phenols is 1. The summed E-state index contributed by atoms with van der Waals surface area (Å²) in [4.78, 5) is 0. The summed E-state index contributed by atoms with van der Waals surface area (Å²) >= 11 is 0. The fourth-order valence-corrected chi connectivity index (χ4v) is 2.24. The largest absolute Gasteiger partial charge is 0.508 e. The van der Waals surface area contributed by atoms with Gasteiger partial charge in [0.05, 0.1) is 6.20 Å². The van der Waals surface area contributed by atoms with Crippen LogP contribution in [0.3, 0.4) is 0 Å². The summed E-state index contributed by atoms with van der Waals surface area (Å²) < 4.78 is 1.63. The maximum absolute atomic E-state index is 10.2. The lowest BCUT2D eigenvalue weighted by molar-refractivity contribution is 0.447. The van der Waals surface area contributed by atoms with E-state index in [0.29, 0.717) is 11.6 Å². The van der Waals surface area contributed by atoms with E-state index in [-0.39, 0.29) is 5.41 Å². The first kappa shape index (κ1) is 13.5. The molecule has 0 atom stereocenters. The van der Waals surface area contributed by atoms with Gasteiger partial charge in [0.15, 0.2) is 0 Å². The summed E-state index contributed by atoms with van der Waals surface area (Å²) in [5.41, 5.74) is 9.72. The molecule has 19 heavy (non-hydrogen) atoms. The number of anilines is 1.